The fraction of sp³-hybridized carbons (Fsp3) is 0.263. The minimum atomic E-state index is -0.0515. The lowest BCUT2D eigenvalue weighted by atomic mass is 10.2. The minimum Gasteiger partial charge on any atom is -0.494 e. The average Bonchev–Trinajstić information content (AvgIpc) is 3.19. The van der Waals surface area contributed by atoms with Gasteiger partial charge in [0.2, 0.25) is 11.1 Å². The standard InChI is InChI=1S/C19H21N5O2S2/c1-14-8-9-17(26-2)16(12-14)24-19(21-22-23-24)28-13-18(25)20-10-11-27-15-6-4-3-5-7-15/h3-9,12H,10-11,13H2,1-2H3,(H,20,25). The third-order valence-corrected chi connectivity index (χ3v) is 5.71. The monoisotopic (exact) mass is 415 g/mol. The van der Waals surface area contributed by atoms with Gasteiger partial charge in [0.15, 0.2) is 0 Å². The number of nitrogens with one attached hydrogen (secondary N) is 1. The lowest BCUT2D eigenvalue weighted by Crippen LogP contribution is -2.27. The summed E-state index contributed by atoms with van der Waals surface area (Å²) in [6, 6.07) is 15.9. The van der Waals surface area contributed by atoms with Gasteiger partial charge in [-0.3, -0.25) is 4.79 Å². The van der Waals surface area contributed by atoms with E-state index in [0.717, 1.165) is 17.0 Å². The Balaban J connectivity index is 1.51. The van der Waals surface area contributed by atoms with E-state index in [1.165, 1.54) is 16.7 Å². The number of aromatic nitrogens is 4. The van der Waals surface area contributed by atoms with Crippen LogP contribution in [0, 0.1) is 6.92 Å². The number of tetrazole rings is 1. The molecule has 0 bridgehead atoms. The smallest absolute Gasteiger partial charge is 0.230 e. The van der Waals surface area contributed by atoms with Crippen molar-refractivity contribution in [3.05, 3.63) is 54.1 Å². The van der Waals surface area contributed by atoms with Crippen LogP contribution in [0.5, 0.6) is 5.75 Å². The van der Waals surface area contributed by atoms with E-state index in [2.05, 4.69) is 33.0 Å². The van der Waals surface area contributed by atoms with Crippen molar-refractivity contribution in [2.75, 3.05) is 25.2 Å². The van der Waals surface area contributed by atoms with Gasteiger partial charge in [0.25, 0.3) is 0 Å². The van der Waals surface area contributed by atoms with Crippen molar-refractivity contribution in [1.82, 2.24) is 25.5 Å². The van der Waals surface area contributed by atoms with E-state index in [9.17, 15) is 4.79 Å². The first-order valence-corrected chi connectivity index (χ1v) is 10.6. The summed E-state index contributed by atoms with van der Waals surface area (Å²) in [5.74, 6) is 1.68. The van der Waals surface area contributed by atoms with Crippen LogP contribution in [0.15, 0.2) is 58.6 Å². The van der Waals surface area contributed by atoms with Crippen molar-refractivity contribution in [3.8, 4) is 11.4 Å². The molecule has 0 aliphatic carbocycles. The fourth-order valence-corrected chi connectivity index (χ4v) is 3.95. The first kappa shape index (κ1) is 20.2. The number of aryl methyl sites for hydroxylation is 1. The molecule has 1 heterocycles. The number of thioether (sulfide) groups is 2. The van der Waals surface area contributed by atoms with Gasteiger partial charge in [0, 0.05) is 17.2 Å². The molecule has 0 atom stereocenters. The predicted octanol–water partition coefficient (Wildman–Crippen LogP) is 2.98. The highest BCUT2D eigenvalue weighted by molar-refractivity contribution is 7.99. The van der Waals surface area contributed by atoms with Gasteiger partial charge in [-0.25, -0.2) is 0 Å². The van der Waals surface area contributed by atoms with Gasteiger partial charge >= 0.3 is 0 Å². The summed E-state index contributed by atoms with van der Waals surface area (Å²) >= 11 is 3.00. The number of ether oxygens (including phenoxy) is 1. The van der Waals surface area contributed by atoms with E-state index >= 15 is 0 Å². The Kier molecular flexibility index (Phi) is 7.32. The molecule has 3 rings (SSSR count). The van der Waals surface area contributed by atoms with E-state index in [1.54, 1.807) is 23.6 Å². The summed E-state index contributed by atoms with van der Waals surface area (Å²) in [7, 11) is 1.60. The number of amides is 1. The molecule has 28 heavy (non-hydrogen) atoms. The Labute approximate surface area is 172 Å². The largest absolute Gasteiger partial charge is 0.494 e. The Hall–Kier alpha value is -2.52. The zero-order valence-electron chi connectivity index (χ0n) is 15.7. The molecule has 0 saturated heterocycles. The zero-order valence-corrected chi connectivity index (χ0v) is 17.3. The summed E-state index contributed by atoms with van der Waals surface area (Å²) in [6.45, 7) is 2.59. The predicted molar refractivity (Wildman–Crippen MR) is 111 cm³/mol. The molecule has 1 N–H and O–H groups in total. The second kappa shape index (κ2) is 10.1. The first-order chi connectivity index (χ1) is 13.7. The van der Waals surface area contributed by atoms with E-state index in [4.69, 9.17) is 4.74 Å². The van der Waals surface area contributed by atoms with Crippen molar-refractivity contribution in [2.45, 2.75) is 17.0 Å². The van der Waals surface area contributed by atoms with Crippen molar-refractivity contribution in [3.63, 3.8) is 0 Å². The van der Waals surface area contributed by atoms with Crippen molar-refractivity contribution >= 4 is 29.4 Å². The summed E-state index contributed by atoms with van der Waals surface area (Å²) < 4.78 is 6.99. The average molecular weight is 416 g/mol. The second-order valence-electron chi connectivity index (χ2n) is 5.85. The number of carbonyl (C=O) groups excluding carboxylic acids is 1. The molecular weight excluding hydrogens is 394 g/mol. The number of hydrogen-bond donors (Lipinski definition) is 1. The van der Waals surface area contributed by atoms with Crippen LogP contribution in [0.4, 0.5) is 0 Å². The molecule has 0 saturated carbocycles. The van der Waals surface area contributed by atoms with Gasteiger partial charge in [0.1, 0.15) is 11.4 Å². The number of methoxy groups -OCH3 is 1. The summed E-state index contributed by atoms with van der Waals surface area (Å²) in [5.41, 5.74) is 1.81. The zero-order chi connectivity index (χ0) is 19.8. The summed E-state index contributed by atoms with van der Waals surface area (Å²) in [6.07, 6.45) is 0. The molecule has 146 valence electrons. The molecule has 0 aliphatic rings. The van der Waals surface area contributed by atoms with Gasteiger partial charge in [-0.1, -0.05) is 36.0 Å². The van der Waals surface area contributed by atoms with Crippen LogP contribution >= 0.6 is 23.5 Å². The van der Waals surface area contributed by atoms with Gasteiger partial charge in [-0.15, -0.1) is 16.9 Å². The Morgan fingerprint density at radius 3 is 2.79 bits per heavy atom. The third-order valence-electron chi connectivity index (χ3n) is 3.77. The summed E-state index contributed by atoms with van der Waals surface area (Å²) in [5, 5.41) is 15.3. The van der Waals surface area contributed by atoms with Crippen molar-refractivity contribution in [1.29, 1.82) is 0 Å². The van der Waals surface area contributed by atoms with Crippen LogP contribution in [0.3, 0.4) is 0 Å². The number of carbonyl (C=O) groups is 1. The highest BCUT2D eigenvalue weighted by Crippen LogP contribution is 2.26. The molecule has 3 aromatic rings. The van der Waals surface area contributed by atoms with Gasteiger partial charge in [-0.2, -0.15) is 4.68 Å². The van der Waals surface area contributed by atoms with Gasteiger partial charge in [0.05, 0.1) is 12.9 Å². The molecule has 0 fully saturated rings. The van der Waals surface area contributed by atoms with Crippen LogP contribution < -0.4 is 10.1 Å². The summed E-state index contributed by atoms with van der Waals surface area (Å²) in [4.78, 5) is 13.3. The lowest BCUT2D eigenvalue weighted by molar-refractivity contribution is -0.118. The SMILES string of the molecule is COc1ccc(C)cc1-n1nnnc1SCC(=O)NCCSc1ccccc1. The van der Waals surface area contributed by atoms with E-state index in [0.29, 0.717) is 17.5 Å². The molecule has 0 radical (unpaired) electrons. The van der Waals surface area contributed by atoms with Crippen LogP contribution in [0.1, 0.15) is 5.56 Å². The van der Waals surface area contributed by atoms with Crippen LogP contribution in [0.25, 0.3) is 5.69 Å². The quantitative estimate of drug-likeness (QED) is 0.425. The number of rotatable bonds is 9. The lowest BCUT2D eigenvalue weighted by Gasteiger charge is -2.10. The van der Waals surface area contributed by atoms with Crippen LogP contribution in [0.2, 0.25) is 0 Å². The molecule has 0 spiro atoms. The Morgan fingerprint density at radius 2 is 2.00 bits per heavy atom. The second-order valence-corrected chi connectivity index (χ2v) is 7.96. The van der Waals surface area contributed by atoms with Gasteiger partial charge < -0.3 is 10.1 Å². The molecule has 7 nitrogen and oxygen atoms in total. The normalized spacial score (nSPS) is 10.6. The maximum atomic E-state index is 12.1. The molecule has 2 aromatic carbocycles. The Morgan fingerprint density at radius 1 is 1.18 bits per heavy atom. The molecule has 9 heteroatoms. The van der Waals surface area contributed by atoms with E-state index < -0.39 is 0 Å². The van der Waals surface area contributed by atoms with Gasteiger partial charge in [-0.05, 0) is 47.2 Å². The molecule has 1 amide bonds. The molecule has 0 unspecified atom stereocenters. The van der Waals surface area contributed by atoms with Crippen LogP contribution in [-0.2, 0) is 4.79 Å². The van der Waals surface area contributed by atoms with E-state index in [1.807, 2.05) is 43.3 Å². The maximum absolute atomic E-state index is 12.1. The fourth-order valence-electron chi connectivity index (χ4n) is 2.44. The topological polar surface area (TPSA) is 81.9 Å². The van der Waals surface area contributed by atoms with Crippen molar-refractivity contribution < 1.29 is 9.53 Å². The highest BCUT2D eigenvalue weighted by Gasteiger charge is 2.15. The number of hydrogen-bond acceptors (Lipinski definition) is 7. The first-order valence-electron chi connectivity index (χ1n) is 8.68. The molecule has 0 aliphatic heterocycles. The molecule has 1 aromatic heterocycles. The Bertz CT molecular complexity index is 918. The number of nitrogens with zero attached hydrogens (tertiary/aromatic N) is 4. The van der Waals surface area contributed by atoms with Crippen molar-refractivity contribution in [2.24, 2.45) is 0 Å². The van der Waals surface area contributed by atoms with Crippen LogP contribution in [-0.4, -0.2) is 51.3 Å². The molecular formula is C19H21N5O2S2. The van der Waals surface area contributed by atoms with E-state index in [-0.39, 0.29) is 11.7 Å². The number of benzene rings is 2. The minimum absolute atomic E-state index is 0.0515. The maximum Gasteiger partial charge on any atom is 0.230 e. The third kappa shape index (κ3) is 5.49. The highest BCUT2D eigenvalue weighted by atomic mass is 32.2.